The monoisotopic (exact) mass is 222 g/mol. The molecule has 2 fully saturated rings. The molecule has 0 aromatic carbocycles. The first-order chi connectivity index (χ1) is 7.84. The van der Waals surface area contributed by atoms with Gasteiger partial charge < -0.3 is 15.1 Å². The van der Waals surface area contributed by atoms with Gasteiger partial charge >= 0.3 is 12.0 Å². The molecule has 88 valence electrons. The van der Waals surface area contributed by atoms with Crippen molar-refractivity contribution in [2.45, 2.75) is 44.6 Å². The fourth-order valence-corrected chi connectivity index (χ4v) is 3.20. The summed E-state index contributed by atoms with van der Waals surface area (Å²) >= 11 is 0. The molecule has 1 saturated heterocycles. The highest BCUT2D eigenvalue weighted by Gasteiger charge is 2.35. The van der Waals surface area contributed by atoms with Crippen molar-refractivity contribution in [3.05, 3.63) is 0 Å². The number of nitrogens with zero attached hydrogens (tertiary/aromatic N) is 3. The van der Waals surface area contributed by atoms with Gasteiger partial charge in [0.1, 0.15) is 0 Å². The minimum atomic E-state index is 0.174. The van der Waals surface area contributed by atoms with Gasteiger partial charge in [0.05, 0.1) is 0 Å². The molecule has 5 heteroatoms. The van der Waals surface area contributed by atoms with Crippen molar-refractivity contribution < 1.29 is 4.42 Å². The van der Waals surface area contributed by atoms with E-state index >= 15 is 0 Å². The molecule has 2 heterocycles. The molecule has 0 amide bonds. The number of fused-ring (bicyclic) bond motifs is 1. The van der Waals surface area contributed by atoms with Gasteiger partial charge in [-0.3, -0.25) is 0 Å². The molecule has 1 aromatic heterocycles. The first kappa shape index (κ1) is 9.93. The van der Waals surface area contributed by atoms with Crippen molar-refractivity contribution >= 4 is 12.0 Å². The Morgan fingerprint density at radius 1 is 1.12 bits per heavy atom. The number of piperidine rings is 1. The molecular weight excluding hydrogens is 204 g/mol. The van der Waals surface area contributed by atoms with Gasteiger partial charge in [0.2, 0.25) is 0 Å². The van der Waals surface area contributed by atoms with Gasteiger partial charge in [0.25, 0.3) is 0 Å². The van der Waals surface area contributed by atoms with Crippen LogP contribution in [0.5, 0.6) is 0 Å². The zero-order valence-electron chi connectivity index (χ0n) is 9.43. The molecule has 1 aliphatic heterocycles. The molecule has 1 saturated carbocycles. The van der Waals surface area contributed by atoms with Crippen molar-refractivity contribution in [1.29, 1.82) is 0 Å². The zero-order chi connectivity index (χ0) is 11.0. The van der Waals surface area contributed by atoms with Crippen LogP contribution in [0.1, 0.15) is 38.5 Å². The molecule has 2 atom stereocenters. The Balaban J connectivity index is 1.82. The van der Waals surface area contributed by atoms with Gasteiger partial charge in [-0.25, -0.2) is 0 Å². The summed E-state index contributed by atoms with van der Waals surface area (Å²) in [6.45, 7) is 1.03. The molecule has 0 spiro atoms. The summed E-state index contributed by atoms with van der Waals surface area (Å²) in [5.74, 6) is 0.815. The second-order valence-corrected chi connectivity index (χ2v) is 4.87. The van der Waals surface area contributed by atoms with Crippen LogP contribution in [0.2, 0.25) is 0 Å². The largest absolute Gasteiger partial charge is 0.390 e. The third-order valence-corrected chi connectivity index (χ3v) is 3.92. The lowest BCUT2D eigenvalue weighted by Gasteiger charge is -2.43. The fourth-order valence-electron chi connectivity index (χ4n) is 3.20. The summed E-state index contributed by atoms with van der Waals surface area (Å²) in [4.78, 5) is 2.27. The normalized spacial score (nSPS) is 30.1. The standard InChI is InChI=1S/C11H18N4O/c12-10-13-14-11(16-10)15-7-3-5-8-4-1-2-6-9(8)15/h8-9H,1-7H2,(H2,12,13). The van der Waals surface area contributed by atoms with Crippen molar-refractivity contribution in [3.8, 4) is 0 Å². The minimum absolute atomic E-state index is 0.174. The average molecular weight is 222 g/mol. The second-order valence-electron chi connectivity index (χ2n) is 4.87. The predicted molar refractivity (Wildman–Crippen MR) is 61.0 cm³/mol. The summed E-state index contributed by atoms with van der Waals surface area (Å²) in [6.07, 6.45) is 7.88. The number of hydrogen-bond donors (Lipinski definition) is 1. The first-order valence-corrected chi connectivity index (χ1v) is 6.20. The highest BCUT2D eigenvalue weighted by atomic mass is 16.4. The second kappa shape index (κ2) is 3.96. The lowest BCUT2D eigenvalue weighted by molar-refractivity contribution is 0.235. The van der Waals surface area contributed by atoms with E-state index in [1.165, 1.54) is 38.5 Å². The molecule has 16 heavy (non-hydrogen) atoms. The minimum Gasteiger partial charge on any atom is -0.390 e. The average Bonchev–Trinajstić information content (AvgIpc) is 2.75. The van der Waals surface area contributed by atoms with Crippen LogP contribution in [0, 0.1) is 5.92 Å². The van der Waals surface area contributed by atoms with Crippen LogP contribution in [0.25, 0.3) is 0 Å². The Morgan fingerprint density at radius 2 is 1.94 bits per heavy atom. The predicted octanol–water partition coefficient (Wildman–Crippen LogP) is 1.81. The van der Waals surface area contributed by atoms with Crippen LogP contribution >= 0.6 is 0 Å². The molecule has 2 N–H and O–H groups in total. The molecule has 1 aromatic rings. The van der Waals surface area contributed by atoms with Crippen LogP contribution in [-0.2, 0) is 0 Å². The van der Waals surface area contributed by atoms with E-state index in [9.17, 15) is 0 Å². The maximum atomic E-state index is 5.49. The molecular formula is C11H18N4O. The van der Waals surface area contributed by atoms with E-state index in [4.69, 9.17) is 10.2 Å². The zero-order valence-corrected chi connectivity index (χ0v) is 9.43. The third kappa shape index (κ3) is 1.64. The van der Waals surface area contributed by atoms with E-state index in [1.807, 2.05) is 0 Å². The highest BCUT2D eigenvalue weighted by Crippen LogP contribution is 2.37. The lowest BCUT2D eigenvalue weighted by atomic mass is 9.78. The SMILES string of the molecule is Nc1nnc(N2CCCC3CCCCC32)o1. The van der Waals surface area contributed by atoms with E-state index in [1.54, 1.807) is 0 Å². The molecule has 2 unspecified atom stereocenters. The summed E-state index contributed by atoms with van der Waals surface area (Å²) in [5.41, 5.74) is 5.49. The van der Waals surface area contributed by atoms with E-state index in [0.29, 0.717) is 12.1 Å². The van der Waals surface area contributed by atoms with Gasteiger partial charge in [-0.2, -0.15) is 0 Å². The van der Waals surface area contributed by atoms with E-state index in [0.717, 1.165) is 12.5 Å². The van der Waals surface area contributed by atoms with Gasteiger partial charge in [0.15, 0.2) is 0 Å². The highest BCUT2D eigenvalue weighted by molar-refractivity contribution is 5.31. The van der Waals surface area contributed by atoms with Crippen LogP contribution in [0.3, 0.4) is 0 Å². The van der Waals surface area contributed by atoms with Gasteiger partial charge in [0, 0.05) is 12.6 Å². The number of aromatic nitrogens is 2. The van der Waals surface area contributed by atoms with E-state index in [-0.39, 0.29) is 6.01 Å². The maximum absolute atomic E-state index is 5.49. The summed E-state index contributed by atoms with van der Waals surface area (Å²) in [7, 11) is 0. The van der Waals surface area contributed by atoms with Gasteiger partial charge in [-0.15, -0.1) is 0 Å². The number of rotatable bonds is 1. The fraction of sp³-hybridized carbons (Fsp3) is 0.818. The third-order valence-electron chi connectivity index (χ3n) is 3.92. The number of anilines is 2. The van der Waals surface area contributed by atoms with Crippen LogP contribution in [0.4, 0.5) is 12.0 Å². The Bertz CT molecular complexity index is 363. The molecule has 2 aliphatic rings. The Labute approximate surface area is 95.0 Å². The molecule has 1 aliphatic carbocycles. The van der Waals surface area contributed by atoms with Gasteiger partial charge in [-0.1, -0.05) is 23.0 Å². The van der Waals surface area contributed by atoms with Crippen molar-refractivity contribution in [1.82, 2.24) is 10.2 Å². The Hall–Kier alpha value is -1.26. The number of hydrogen-bond acceptors (Lipinski definition) is 5. The van der Waals surface area contributed by atoms with Crippen LogP contribution in [0.15, 0.2) is 4.42 Å². The van der Waals surface area contributed by atoms with E-state index in [2.05, 4.69) is 15.1 Å². The van der Waals surface area contributed by atoms with Crippen LogP contribution in [-0.4, -0.2) is 22.8 Å². The molecule has 0 bridgehead atoms. The number of nitrogens with two attached hydrogens (primary N) is 1. The summed E-state index contributed by atoms with van der Waals surface area (Å²) in [6, 6.07) is 1.39. The van der Waals surface area contributed by atoms with Crippen molar-refractivity contribution in [2.75, 3.05) is 17.2 Å². The van der Waals surface area contributed by atoms with E-state index < -0.39 is 0 Å². The lowest BCUT2D eigenvalue weighted by Crippen LogP contribution is -2.47. The molecule has 5 nitrogen and oxygen atoms in total. The summed E-state index contributed by atoms with van der Waals surface area (Å²) < 4.78 is 5.35. The molecule has 0 radical (unpaired) electrons. The Kier molecular flexibility index (Phi) is 2.46. The van der Waals surface area contributed by atoms with Crippen molar-refractivity contribution in [3.63, 3.8) is 0 Å². The Morgan fingerprint density at radius 3 is 2.75 bits per heavy atom. The maximum Gasteiger partial charge on any atom is 0.319 e. The quantitative estimate of drug-likeness (QED) is 0.784. The summed E-state index contributed by atoms with van der Waals surface area (Å²) in [5, 5.41) is 7.76. The van der Waals surface area contributed by atoms with Crippen molar-refractivity contribution in [2.24, 2.45) is 5.92 Å². The first-order valence-electron chi connectivity index (χ1n) is 6.20. The smallest absolute Gasteiger partial charge is 0.319 e. The van der Waals surface area contributed by atoms with Gasteiger partial charge in [-0.05, 0) is 31.6 Å². The number of nitrogen functional groups attached to an aromatic ring is 1. The van der Waals surface area contributed by atoms with Crippen LogP contribution < -0.4 is 10.6 Å². The molecule has 3 rings (SSSR count). The topological polar surface area (TPSA) is 68.2 Å².